The van der Waals surface area contributed by atoms with Crippen molar-refractivity contribution in [3.05, 3.63) is 133 Å². The van der Waals surface area contributed by atoms with Crippen LogP contribution < -0.4 is 0 Å². The predicted molar refractivity (Wildman–Crippen MR) is 168 cm³/mol. The topological polar surface area (TPSA) is 36.9 Å². The summed E-state index contributed by atoms with van der Waals surface area (Å²) < 4.78 is 8.92. The highest BCUT2D eigenvalue weighted by Crippen LogP contribution is 2.45. The van der Waals surface area contributed by atoms with E-state index in [0.717, 1.165) is 49.8 Å². The third-order valence-electron chi connectivity index (χ3n) is 7.77. The van der Waals surface area contributed by atoms with Crippen LogP contribution in [-0.4, -0.2) is 0 Å². The third kappa shape index (κ3) is 3.41. The van der Waals surface area contributed by atoms with E-state index in [1.165, 1.54) is 25.7 Å². The van der Waals surface area contributed by atoms with Gasteiger partial charge in [0.2, 0.25) is 0 Å². The molecule has 0 fully saturated rings. The Balaban J connectivity index is 1.44. The van der Waals surface area contributed by atoms with Crippen molar-refractivity contribution >= 4 is 53.4 Å². The minimum Gasteiger partial charge on any atom is -0.455 e. The first kappa shape index (κ1) is 22.8. The minimum absolute atomic E-state index is 0.658. The van der Waals surface area contributed by atoms with Crippen LogP contribution in [-0.2, 0) is 0 Å². The van der Waals surface area contributed by atoms with E-state index in [9.17, 15) is 5.26 Å². The molecule has 186 valence electrons. The molecule has 8 rings (SSSR count). The smallest absolute Gasteiger partial charge is 0.143 e. The highest BCUT2D eigenvalue weighted by molar-refractivity contribution is 7.25. The fraction of sp³-hybridized carbons (Fsp3) is 0. The zero-order valence-electron chi connectivity index (χ0n) is 21.4. The molecule has 2 nitrogen and oxygen atoms in total. The van der Waals surface area contributed by atoms with Gasteiger partial charge in [-0.05, 0) is 52.6 Å². The van der Waals surface area contributed by atoms with Crippen LogP contribution in [0, 0.1) is 11.3 Å². The molecule has 0 saturated heterocycles. The van der Waals surface area contributed by atoms with E-state index in [1.807, 2.05) is 47.7 Å². The monoisotopic (exact) mass is 527 g/mol. The van der Waals surface area contributed by atoms with Crippen LogP contribution in [0.4, 0.5) is 0 Å². The summed E-state index contributed by atoms with van der Waals surface area (Å²) in [4.78, 5) is 0. The van der Waals surface area contributed by atoms with Crippen LogP contribution >= 0.6 is 11.3 Å². The molecule has 0 aliphatic carbocycles. The summed E-state index contributed by atoms with van der Waals surface area (Å²) in [7, 11) is 0. The number of furan rings is 1. The first-order chi connectivity index (χ1) is 19.8. The molecule has 0 unspecified atom stereocenters. The number of thiophene rings is 1. The predicted octanol–water partition coefficient (Wildman–Crippen LogP) is 10.8. The highest BCUT2D eigenvalue weighted by Gasteiger charge is 2.18. The van der Waals surface area contributed by atoms with Crippen molar-refractivity contribution in [3.63, 3.8) is 0 Å². The number of hydrogen-bond donors (Lipinski definition) is 0. The maximum atomic E-state index is 10.1. The number of para-hydroxylation sites is 2. The van der Waals surface area contributed by atoms with E-state index in [0.29, 0.717) is 5.56 Å². The van der Waals surface area contributed by atoms with Crippen LogP contribution in [0.5, 0.6) is 0 Å². The van der Waals surface area contributed by atoms with E-state index < -0.39 is 0 Å². The fourth-order valence-corrected chi connectivity index (χ4v) is 7.09. The Morgan fingerprint density at radius 1 is 0.525 bits per heavy atom. The van der Waals surface area contributed by atoms with E-state index in [-0.39, 0.29) is 0 Å². The van der Waals surface area contributed by atoms with Crippen molar-refractivity contribution in [2.45, 2.75) is 0 Å². The standard InChI is InChI=1S/C37H21NOS/c38-22-24-9-1-2-10-25(24)32-21-23(26-13-7-15-30-28-11-3-5-16-33(28)39-37(26)30)19-20-27(32)29-14-8-18-35-36(29)31-12-4-6-17-34(31)40-35/h1-21H. The number of rotatable bonds is 3. The molecule has 6 aromatic carbocycles. The number of nitrogens with zero attached hydrogens (tertiary/aromatic N) is 1. The van der Waals surface area contributed by atoms with E-state index in [4.69, 9.17) is 4.42 Å². The SMILES string of the molecule is N#Cc1ccccc1-c1cc(-c2cccc3c2oc2ccccc23)ccc1-c1cccc2sc3ccccc3c12. The summed E-state index contributed by atoms with van der Waals surface area (Å²) in [6.45, 7) is 0. The number of benzene rings is 6. The second-order valence-corrected chi connectivity index (χ2v) is 11.1. The van der Waals surface area contributed by atoms with Gasteiger partial charge in [-0.2, -0.15) is 5.26 Å². The molecule has 3 heteroatoms. The van der Waals surface area contributed by atoms with Crippen LogP contribution in [0.1, 0.15) is 5.56 Å². The largest absolute Gasteiger partial charge is 0.455 e. The molecule has 0 saturated carbocycles. The Morgan fingerprint density at radius 3 is 2.15 bits per heavy atom. The summed E-state index contributed by atoms with van der Waals surface area (Å²) in [5, 5.41) is 14.8. The highest BCUT2D eigenvalue weighted by atomic mass is 32.1. The zero-order valence-corrected chi connectivity index (χ0v) is 22.2. The lowest BCUT2D eigenvalue weighted by Gasteiger charge is -2.15. The van der Waals surface area contributed by atoms with Crippen LogP contribution in [0.3, 0.4) is 0 Å². The lowest BCUT2D eigenvalue weighted by molar-refractivity contribution is 0.670. The Kier molecular flexibility index (Phi) is 5.10. The zero-order chi connectivity index (χ0) is 26.6. The lowest BCUT2D eigenvalue weighted by Crippen LogP contribution is -1.91. The second kappa shape index (κ2) is 8.95. The van der Waals surface area contributed by atoms with Crippen LogP contribution in [0.2, 0.25) is 0 Å². The first-order valence-electron chi connectivity index (χ1n) is 13.2. The van der Waals surface area contributed by atoms with Gasteiger partial charge in [-0.3, -0.25) is 0 Å². The Labute approximate surface area is 235 Å². The molecule has 0 radical (unpaired) electrons. The van der Waals surface area contributed by atoms with Gasteiger partial charge in [0.05, 0.1) is 11.6 Å². The van der Waals surface area contributed by atoms with E-state index in [2.05, 4.69) is 97.1 Å². The van der Waals surface area contributed by atoms with Crippen molar-refractivity contribution in [2.75, 3.05) is 0 Å². The Morgan fingerprint density at radius 2 is 1.23 bits per heavy atom. The molecular weight excluding hydrogens is 506 g/mol. The van der Waals surface area contributed by atoms with Gasteiger partial charge < -0.3 is 4.42 Å². The third-order valence-corrected chi connectivity index (χ3v) is 8.90. The molecule has 2 heterocycles. The van der Waals surface area contributed by atoms with Gasteiger partial charge in [-0.25, -0.2) is 0 Å². The average Bonchev–Trinajstić information content (AvgIpc) is 3.59. The fourth-order valence-electron chi connectivity index (χ4n) is 5.96. The molecule has 2 aromatic heterocycles. The molecule has 40 heavy (non-hydrogen) atoms. The normalized spacial score (nSPS) is 11.5. The van der Waals surface area contributed by atoms with Gasteiger partial charge in [0.25, 0.3) is 0 Å². The first-order valence-corrected chi connectivity index (χ1v) is 14.1. The molecule has 8 aromatic rings. The summed E-state index contributed by atoms with van der Waals surface area (Å²) in [5.41, 5.74) is 8.75. The van der Waals surface area contributed by atoms with Crippen LogP contribution in [0.15, 0.2) is 132 Å². The van der Waals surface area contributed by atoms with Crippen molar-refractivity contribution in [1.29, 1.82) is 5.26 Å². The van der Waals surface area contributed by atoms with Gasteiger partial charge in [0, 0.05) is 42.1 Å². The van der Waals surface area contributed by atoms with Crippen molar-refractivity contribution in [2.24, 2.45) is 0 Å². The Hall–Kier alpha value is -5.17. The van der Waals surface area contributed by atoms with Gasteiger partial charge in [-0.1, -0.05) is 97.1 Å². The minimum atomic E-state index is 0.658. The molecule has 0 amide bonds. The number of nitriles is 1. The molecule has 0 aliphatic heterocycles. The maximum Gasteiger partial charge on any atom is 0.143 e. The second-order valence-electron chi connectivity index (χ2n) is 9.98. The summed E-state index contributed by atoms with van der Waals surface area (Å²) >= 11 is 1.82. The van der Waals surface area contributed by atoms with Gasteiger partial charge in [-0.15, -0.1) is 11.3 Å². The van der Waals surface area contributed by atoms with Crippen molar-refractivity contribution in [3.8, 4) is 39.4 Å². The molecule has 0 spiro atoms. The van der Waals surface area contributed by atoms with Gasteiger partial charge in [0.15, 0.2) is 0 Å². The average molecular weight is 528 g/mol. The summed E-state index contributed by atoms with van der Waals surface area (Å²) in [6.07, 6.45) is 0. The quantitative estimate of drug-likeness (QED) is 0.229. The molecular formula is C37H21NOS. The molecule has 0 bridgehead atoms. The number of fused-ring (bicyclic) bond motifs is 6. The molecule has 0 aliphatic rings. The van der Waals surface area contributed by atoms with Gasteiger partial charge >= 0.3 is 0 Å². The van der Waals surface area contributed by atoms with Crippen molar-refractivity contribution < 1.29 is 4.42 Å². The molecule has 0 N–H and O–H groups in total. The van der Waals surface area contributed by atoms with E-state index in [1.54, 1.807) is 0 Å². The van der Waals surface area contributed by atoms with E-state index >= 15 is 0 Å². The number of hydrogen-bond acceptors (Lipinski definition) is 3. The van der Waals surface area contributed by atoms with Gasteiger partial charge in [0.1, 0.15) is 11.2 Å². The Bertz CT molecular complexity index is 2300. The lowest BCUT2D eigenvalue weighted by atomic mass is 9.87. The van der Waals surface area contributed by atoms with Crippen LogP contribution in [0.25, 0.3) is 75.5 Å². The molecule has 0 atom stereocenters. The summed E-state index contributed by atoms with van der Waals surface area (Å²) in [6, 6.07) is 46.6. The maximum absolute atomic E-state index is 10.1. The summed E-state index contributed by atoms with van der Waals surface area (Å²) in [5.74, 6) is 0. The van der Waals surface area contributed by atoms with Crippen molar-refractivity contribution in [1.82, 2.24) is 0 Å².